The highest BCUT2D eigenvalue weighted by Gasteiger charge is 2.18. The van der Waals surface area contributed by atoms with Crippen LogP contribution in [0, 0.1) is 11.8 Å². The number of aliphatic imine (C=N–C) groups is 1. The molecule has 1 aliphatic rings. The van der Waals surface area contributed by atoms with E-state index in [1.54, 1.807) is 7.11 Å². The van der Waals surface area contributed by atoms with Crippen molar-refractivity contribution < 1.29 is 9.47 Å². The summed E-state index contributed by atoms with van der Waals surface area (Å²) in [6.07, 6.45) is 6.84. The van der Waals surface area contributed by atoms with Crippen LogP contribution in [-0.4, -0.2) is 53.0 Å². The van der Waals surface area contributed by atoms with Crippen molar-refractivity contribution in [2.75, 3.05) is 47.1 Å². The Balaban J connectivity index is 2.03. The zero-order valence-corrected chi connectivity index (χ0v) is 14.0. The van der Waals surface area contributed by atoms with Gasteiger partial charge >= 0.3 is 0 Å². The van der Waals surface area contributed by atoms with Gasteiger partial charge in [0.25, 0.3) is 0 Å². The van der Waals surface area contributed by atoms with Crippen LogP contribution < -0.4 is 10.6 Å². The third-order valence-corrected chi connectivity index (χ3v) is 4.08. The van der Waals surface area contributed by atoms with E-state index in [-0.39, 0.29) is 0 Å². The Bertz CT molecular complexity index is 285. The van der Waals surface area contributed by atoms with Crippen molar-refractivity contribution in [3.63, 3.8) is 0 Å². The quantitative estimate of drug-likeness (QED) is 0.389. The predicted octanol–water partition coefficient (Wildman–Crippen LogP) is 2.03. The summed E-state index contributed by atoms with van der Waals surface area (Å²) < 4.78 is 10.3. The van der Waals surface area contributed by atoms with E-state index in [2.05, 4.69) is 22.5 Å². The Kier molecular flexibility index (Phi) is 10.3. The van der Waals surface area contributed by atoms with Crippen LogP contribution >= 0.6 is 0 Å². The highest BCUT2D eigenvalue weighted by molar-refractivity contribution is 5.79. The van der Waals surface area contributed by atoms with Gasteiger partial charge in [0.15, 0.2) is 5.96 Å². The Labute approximate surface area is 129 Å². The summed E-state index contributed by atoms with van der Waals surface area (Å²) in [5, 5.41) is 6.66. The first-order valence-electron chi connectivity index (χ1n) is 8.27. The summed E-state index contributed by atoms with van der Waals surface area (Å²) in [5.41, 5.74) is 0. The molecule has 2 unspecified atom stereocenters. The van der Waals surface area contributed by atoms with Crippen LogP contribution in [0.5, 0.6) is 0 Å². The first kappa shape index (κ1) is 18.2. The molecule has 2 atom stereocenters. The van der Waals surface area contributed by atoms with Crippen molar-refractivity contribution in [3.8, 4) is 0 Å². The average Bonchev–Trinajstić information content (AvgIpc) is 2.49. The molecule has 2 N–H and O–H groups in total. The summed E-state index contributed by atoms with van der Waals surface area (Å²) in [5.74, 6) is 2.66. The van der Waals surface area contributed by atoms with E-state index < -0.39 is 0 Å². The lowest BCUT2D eigenvalue weighted by atomic mass is 9.81. The van der Waals surface area contributed by atoms with Crippen molar-refractivity contribution in [3.05, 3.63) is 0 Å². The molecule has 124 valence electrons. The fraction of sp³-hybridized carbons (Fsp3) is 0.938. The minimum absolute atomic E-state index is 0.643. The molecule has 1 aliphatic carbocycles. The van der Waals surface area contributed by atoms with Gasteiger partial charge in [0.05, 0.1) is 19.8 Å². The van der Waals surface area contributed by atoms with Crippen LogP contribution in [0.1, 0.15) is 39.0 Å². The number of guanidine groups is 1. The first-order valence-corrected chi connectivity index (χ1v) is 8.27. The molecule has 1 fully saturated rings. The van der Waals surface area contributed by atoms with E-state index in [0.29, 0.717) is 19.8 Å². The maximum atomic E-state index is 5.41. The van der Waals surface area contributed by atoms with E-state index in [1.807, 2.05) is 7.05 Å². The van der Waals surface area contributed by atoms with Crippen LogP contribution in [0.3, 0.4) is 0 Å². The third-order valence-electron chi connectivity index (χ3n) is 4.08. The molecule has 0 aromatic heterocycles. The van der Waals surface area contributed by atoms with E-state index in [0.717, 1.165) is 30.9 Å². The second-order valence-corrected chi connectivity index (χ2v) is 5.96. The van der Waals surface area contributed by atoms with E-state index in [9.17, 15) is 0 Å². The maximum absolute atomic E-state index is 5.41. The van der Waals surface area contributed by atoms with Gasteiger partial charge in [-0.1, -0.05) is 26.2 Å². The molecule has 5 nitrogen and oxygen atoms in total. The Morgan fingerprint density at radius 2 is 1.95 bits per heavy atom. The lowest BCUT2D eigenvalue weighted by Crippen LogP contribution is -2.40. The van der Waals surface area contributed by atoms with Crippen LogP contribution in [0.4, 0.5) is 0 Å². The standard InChI is InChI=1S/C16H33N3O2/c1-14-5-4-6-15(13-14)7-8-18-16(17-2)19-9-10-21-12-11-20-3/h14-15H,4-13H2,1-3H3,(H2,17,18,19). The zero-order chi connectivity index (χ0) is 15.3. The average molecular weight is 299 g/mol. The molecule has 0 bridgehead atoms. The molecule has 21 heavy (non-hydrogen) atoms. The highest BCUT2D eigenvalue weighted by atomic mass is 16.5. The van der Waals surface area contributed by atoms with Gasteiger partial charge in [0.1, 0.15) is 0 Å². The minimum Gasteiger partial charge on any atom is -0.382 e. The molecule has 0 aliphatic heterocycles. The second kappa shape index (κ2) is 11.8. The summed E-state index contributed by atoms with van der Waals surface area (Å²) in [6.45, 7) is 6.11. The van der Waals surface area contributed by atoms with Crippen molar-refractivity contribution >= 4 is 5.96 Å². The number of hydrogen-bond donors (Lipinski definition) is 2. The molecule has 1 rings (SSSR count). The summed E-state index contributed by atoms with van der Waals surface area (Å²) in [4.78, 5) is 4.23. The smallest absolute Gasteiger partial charge is 0.191 e. The van der Waals surface area contributed by atoms with Crippen molar-refractivity contribution in [2.45, 2.75) is 39.0 Å². The molecule has 0 aromatic carbocycles. The topological polar surface area (TPSA) is 54.9 Å². The molecular weight excluding hydrogens is 266 g/mol. The fourth-order valence-corrected chi connectivity index (χ4v) is 2.92. The molecule has 0 spiro atoms. The molecule has 5 heteroatoms. The molecule has 0 amide bonds. The summed E-state index contributed by atoms with van der Waals surface area (Å²) in [7, 11) is 3.49. The zero-order valence-electron chi connectivity index (χ0n) is 14.0. The molecular formula is C16H33N3O2. The number of methoxy groups -OCH3 is 1. The van der Waals surface area contributed by atoms with Crippen LogP contribution in [0.25, 0.3) is 0 Å². The largest absolute Gasteiger partial charge is 0.382 e. The van der Waals surface area contributed by atoms with Gasteiger partial charge in [-0.15, -0.1) is 0 Å². The van der Waals surface area contributed by atoms with Gasteiger partial charge in [0, 0.05) is 27.2 Å². The summed E-state index contributed by atoms with van der Waals surface area (Å²) in [6, 6.07) is 0. The van der Waals surface area contributed by atoms with Gasteiger partial charge in [-0.2, -0.15) is 0 Å². The number of nitrogens with zero attached hydrogens (tertiary/aromatic N) is 1. The van der Waals surface area contributed by atoms with Crippen molar-refractivity contribution in [1.29, 1.82) is 0 Å². The predicted molar refractivity (Wildman–Crippen MR) is 87.8 cm³/mol. The maximum Gasteiger partial charge on any atom is 0.191 e. The third kappa shape index (κ3) is 8.94. The Morgan fingerprint density at radius 1 is 1.14 bits per heavy atom. The Morgan fingerprint density at radius 3 is 2.67 bits per heavy atom. The van der Waals surface area contributed by atoms with Gasteiger partial charge in [0.2, 0.25) is 0 Å². The number of ether oxygens (including phenoxy) is 2. The normalized spacial score (nSPS) is 23.1. The van der Waals surface area contributed by atoms with Crippen molar-refractivity contribution in [2.24, 2.45) is 16.8 Å². The molecule has 1 saturated carbocycles. The lowest BCUT2D eigenvalue weighted by Gasteiger charge is -2.26. The van der Waals surface area contributed by atoms with E-state index in [1.165, 1.54) is 32.1 Å². The first-order chi connectivity index (χ1) is 10.3. The van der Waals surface area contributed by atoms with Gasteiger partial charge in [-0.25, -0.2) is 0 Å². The lowest BCUT2D eigenvalue weighted by molar-refractivity contribution is 0.0733. The van der Waals surface area contributed by atoms with Gasteiger partial charge in [-0.3, -0.25) is 4.99 Å². The monoisotopic (exact) mass is 299 g/mol. The van der Waals surface area contributed by atoms with Crippen molar-refractivity contribution in [1.82, 2.24) is 10.6 Å². The van der Waals surface area contributed by atoms with Crippen LogP contribution in [0.2, 0.25) is 0 Å². The van der Waals surface area contributed by atoms with E-state index in [4.69, 9.17) is 9.47 Å². The fourth-order valence-electron chi connectivity index (χ4n) is 2.92. The molecule has 0 heterocycles. The molecule has 0 saturated heterocycles. The van der Waals surface area contributed by atoms with Crippen LogP contribution in [0.15, 0.2) is 4.99 Å². The number of rotatable bonds is 9. The van der Waals surface area contributed by atoms with E-state index >= 15 is 0 Å². The SMILES string of the molecule is CN=C(NCCOCCOC)NCCC1CCCC(C)C1. The Hall–Kier alpha value is -0.810. The van der Waals surface area contributed by atoms with Gasteiger partial charge in [-0.05, 0) is 24.7 Å². The molecule has 0 radical (unpaired) electrons. The second-order valence-electron chi connectivity index (χ2n) is 5.96. The summed E-state index contributed by atoms with van der Waals surface area (Å²) >= 11 is 0. The highest BCUT2D eigenvalue weighted by Crippen LogP contribution is 2.30. The minimum atomic E-state index is 0.643. The van der Waals surface area contributed by atoms with Gasteiger partial charge < -0.3 is 20.1 Å². The molecule has 0 aromatic rings. The number of hydrogen-bond acceptors (Lipinski definition) is 3. The van der Waals surface area contributed by atoms with Crippen LogP contribution in [-0.2, 0) is 9.47 Å². The number of nitrogens with one attached hydrogen (secondary N) is 2.